The van der Waals surface area contributed by atoms with E-state index in [2.05, 4.69) is 26.6 Å². The van der Waals surface area contributed by atoms with Gasteiger partial charge in [-0.15, -0.1) is 0 Å². The molecule has 2 saturated heterocycles. The van der Waals surface area contributed by atoms with Gasteiger partial charge in [0.05, 0.1) is 6.04 Å². The van der Waals surface area contributed by atoms with Gasteiger partial charge in [-0.05, 0) is 64.2 Å². The van der Waals surface area contributed by atoms with Crippen molar-refractivity contribution in [3.8, 4) is 0 Å². The highest BCUT2D eigenvalue weighted by atomic mass is 16.2. The molecule has 3 heterocycles. The number of aromatic nitrogens is 1. The highest BCUT2D eigenvalue weighted by molar-refractivity contribution is 5.98. The molecular weight excluding hydrogens is 430 g/mol. The van der Waals surface area contributed by atoms with Gasteiger partial charge in [0.2, 0.25) is 11.8 Å². The summed E-state index contributed by atoms with van der Waals surface area (Å²) in [5.74, 6) is -0.443. The van der Waals surface area contributed by atoms with E-state index in [4.69, 9.17) is 5.73 Å². The van der Waals surface area contributed by atoms with Crippen LogP contribution in [0.2, 0.25) is 0 Å². The molecule has 2 aliphatic heterocycles. The summed E-state index contributed by atoms with van der Waals surface area (Å²) in [6.07, 6.45) is 6.78. The Hall–Kier alpha value is -2.87. The SMILES string of the molecule is Cc1ccc2[nH]c(C(=O)NC3CCCCC4CCC(C(=O)NC(C)CCC(N)=O)N4C3)cc2c1. The molecule has 0 radical (unpaired) electrons. The number of carbonyl (C=O) groups excluding carboxylic acids is 3. The maximum Gasteiger partial charge on any atom is 0.267 e. The molecule has 1 aromatic heterocycles. The summed E-state index contributed by atoms with van der Waals surface area (Å²) < 4.78 is 0. The van der Waals surface area contributed by atoms with Crippen LogP contribution in [0.1, 0.15) is 74.3 Å². The van der Waals surface area contributed by atoms with E-state index in [-0.39, 0.29) is 42.3 Å². The minimum absolute atomic E-state index is 0.0101. The first-order chi connectivity index (χ1) is 16.3. The maximum absolute atomic E-state index is 13.1. The van der Waals surface area contributed by atoms with Crippen molar-refractivity contribution >= 4 is 28.6 Å². The van der Waals surface area contributed by atoms with E-state index in [9.17, 15) is 14.4 Å². The number of hydrogen-bond donors (Lipinski definition) is 4. The number of aryl methyl sites for hydroxylation is 1. The first-order valence-electron chi connectivity index (χ1n) is 12.5. The highest BCUT2D eigenvalue weighted by Gasteiger charge is 2.39. The van der Waals surface area contributed by atoms with Gasteiger partial charge >= 0.3 is 0 Å². The van der Waals surface area contributed by atoms with E-state index >= 15 is 0 Å². The molecule has 8 heteroatoms. The van der Waals surface area contributed by atoms with Gasteiger partial charge in [0.15, 0.2) is 0 Å². The number of carbonyl (C=O) groups is 3. The minimum Gasteiger partial charge on any atom is -0.370 e. The number of fused-ring (bicyclic) bond motifs is 2. The maximum atomic E-state index is 13.1. The fourth-order valence-electron chi connectivity index (χ4n) is 5.45. The normalized spacial score (nSPS) is 24.1. The molecule has 2 aromatic rings. The Morgan fingerprint density at radius 1 is 1.15 bits per heavy atom. The zero-order chi connectivity index (χ0) is 24.2. The lowest BCUT2D eigenvalue weighted by atomic mass is 9.99. The van der Waals surface area contributed by atoms with E-state index in [0.29, 0.717) is 24.7 Å². The third-order valence-electron chi connectivity index (χ3n) is 7.28. The monoisotopic (exact) mass is 467 g/mol. The molecule has 0 saturated carbocycles. The third-order valence-corrected chi connectivity index (χ3v) is 7.28. The van der Waals surface area contributed by atoms with E-state index in [1.165, 1.54) is 0 Å². The molecule has 0 aliphatic carbocycles. The van der Waals surface area contributed by atoms with Crippen LogP contribution in [-0.2, 0) is 9.59 Å². The molecule has 184 valence electrons. The quantitative estimate of drug-likeness (QED) is 0.500. The minimum atomic E-state index is -0.352. The fourth-order valence-corrected chi connectivity index (χ4v) is 5.45. The second kappa shape index (κ2) is 10.6. The van der Waals surface area contributed by atoms with E-state index in [1.54, 1.807) is 0 Å². The van der Waals surface area contributed by atoms with Crippen LogP contribution in [0.4, 0.5) is 0 Å². The topological polar surface area (TPSA) is 120 Å². The number of nitrogens with one attached hydrogen (secondary N) is 3. The van der Waals surface area contributed by atoms with Crippen LogP contribution < -0.4 is 16.4 Å². The molecule has 3 amide bonds. The summed E-state index contributed by atoms with van der Waals surface area (Å²) in [5, 5.41) is 7.33. The van der Waals surface area contributed by atoms with Crippen molar-refractivity contribution in [3.63, 3.8) is 0 Å². The summed E-state index contributed by atoms with van der Waals surface area (Å²) in [6.45, 7) is 4.62. The zero-order valence-corrected chi connectivity index (χ0v) is 20.2. The largest absolute Gasteiger partial charge is 0.370 e. The smallest absolute Gasteiger partial charge is 0.267 e. The molecule has 2 fully saturated rings. The van der Waals surface area contributed by atoms with Crippen molar-refractivity contribution in [1.82, 2.24) is 20.5 Å². The Balaban J connectivity index is 1.41. The number of H-pyrrole nitrogens is 1. The summed E-state index contributed by atoms with van der Waals surface area (Å²) in [5.41, 5.74) is 7.92. The lowest BCUT2D eigenvalue weighted by Crippen LogP contribution is -2.53. The van der Waals surface area contributed by atoms with Crippen LogP contribution in [0.5, 0.6) is 0 Å². The number of nitrogens with two attached hydrogens (primary N) is 1. The number of hydrogen-bond acceptors (Lipinski definition) is 4. The molecule has 34 heavy (non-hydrogen) atoms. The Morgan fingerprint density at radius 2 is 1.94 bits per heavy atom. The van der Waals surface area contributed by atoms with Crippen LogP contribution >= 0.6 is 0 Å². The van der Waals surface area contributed by atoms with Gasteiger partial charge in [0.25, 0.3) is 5.91 Å². The van der Waals surface area contributed by atoms with Gasteiger partial charge in [-0.25, -0.2) is 0 Å². The Kier molecular flexibility index (Phi) is 7.56. The fraction of sp³-hybridized carbons (Fsp3) is 0.577. The summed E-state index contributed by atoms with van der Waals surface area (Å²) in [4.78, 5) is 42.7. The van der Waals surface area contributed by atoms with Gasteiger partial charge in [0.1, 0.15) is 5.69 Å². The molecule has 0 bridgehead atoms. The third kappa shape index (κ3) is 5.78. The molecule has 1 aromatic carbocycles. The summed E-state index contributed by atoms with van der Waals surface area (Å²) >= 11 is 0. The predicted molar refractivity (Wildman–Crippen MR) is 132 cm³/mol. The van der Waals surface area contributed by atoms with E-state index in [0.717, 1.165) is 55.0 Å². The van der Waals surface area contributed by atoms with Crippen molar-refractivity contribution in [2.24, 2.45) is 5.73 Å². The number of benzene rings is 1. The van der Waals surface area contributed by atoms with Crippen molar-refractivity contribution in [2.75, 3.05) is 6.54 Å². The summed E-state index contributed by atoms with van der Waals surface area (Å²) in [7, 11) is 0. The van der Waals surface area contributed by atoms with Crippen LogP contribution in [0.3, 0.4) is 0 Å². The van der Waals surface area contributed by atoms with Crippen LogP contribution in [-0.4, -0.2) is 58.3 Å². The molecule has 5 N–H and O–H groups in total. The number of amides is 3. The number of aromatic amines is 1. The molecule has 2 aliphatic rings. The van der Waals surface area contributed by atoms with Gasteiger partial charge in [-0.2, -0.15) is 0 Å². The van der Waals surface area contributed by atoms with Gasteiger partial charge in [-0.3, -0.25) is 19.3 Å². The van der Waals surface area contributed by atoms with Crippen molar-refractivity contribution < 1.29 is 14.4 Å². The number of rotatable bonds is 7. The average Bonchev–Trinajstić information content (AvgIpc) is 3.36. The molecule has 4 atom stereocenters. The Morgan fingerprint density at radius 3 is 2.74 bits per heavy atom. The van der Waals surface area contributed by atoms with Gasteiger partial charge in [0, 0.05) is 42.0 Å². The molecule has 4 rings (SSSR count). The molecule has 0 spiro atoms. The van der Waals surface area contributed by atoms with Crippen molar-refractivity contribution in [2.45, 2.75) is 89.4 Å². The Labute approximate surface area is 201 Å². The zero-order valence-electron chi connectivity index (χ0n) is 20.2. The van der Waals surface area contributed by atoms with Crippen LogP contribution in [0.25, 0.3) is 10.9 Å². The number of primary amides is 1. The van der Waals surface area contributed by atoms with Crippen LogP contribution in [0, 0.1) is 6.92 Å². The highest BCUT2D eigenvalue weighted by Crippen LogP contribution is 2.31. The molecule has 8 nitrogen and oxygen atoms in total. The standard InChI is InChI=1S/C26H37N5O3/c1-16-7-10-21-18(13-16)14-22(30-21)25(33)29-19-5-3-4-6-20-9-11-23(31(20)15-19)26(34)28-17(2)8-12-24(27)32/h7,10,13-14,17,19-20,23,30H,3-6,8-9,11-12,15H2,1-2H3,(H2,27,32)(H,28,34)(H,29,33). The van der Waals surface area contributed by atoms with Crippen LogP contribution in [0.15, 0.2) is 24.3 Å². The second-order valence-corrected chi connectivity index (χ2v) is 10.1. The van der Waals surface area contributed by atoms with E-state index in [1.807, 2.05) is 32.0 Å². The summed E-state index contributed by atoms with van der Waals surface area (Å²) in [6, 6.07) is 8.06. The second-order valence-electron chi connectivity index (χ2n) is 10.1. The lowest BCUT2D eigenvalue weighted by Gasteiger charge is -2.35. The molecule has 4 unspecified atom stereocenters. The molecular formula is C26H37N5O3. The van der Waals surface area contributed by atoms with Gasteiger partial charge in [-0.1, -0.05) is 24.5 Å². The van der Waals surface area contributed by atoms with Crippen molar-refractivity contribution in [1.29, 1.82) is 0 Å². The Bertz CT molecular complexity index is 1050. The lowest BCUT2D eigenvalue weighted by molar-refractivity contribution is -0.127. The van der Waals surface area contributed by atoms with Gasteiger partial charge < -0.3 is 21.4 Å². The van der Waals surface area contributed by atoms with Crippen molar-refractivity contribution in [3.05, 3.63) is 35.5 Å². The van der Waals surface area contributed by atoms with E-state index < -0.39 is 0 Å². The number of nitrogens with zero attached hydrogens (tertiary/aromatic N) is 1. The first kappa shape index (κ1) is 24.3. The first-order valence-corrected chi connectivity index (χ1v) is 12.5. The average molecular weight is 468 g/mol. The predicted octanol–water partition coefficient (Wildman–Crippen LogP) is 2.75.